The molecule has 0 aromatic rings. The average Bonchev–Trinajstić information content (AvgIpc) is 2.35. The molecule has 7 heteroatoms. The minimum absolute atomic E-state index is 0.0900. The fraction of sp³-hybridized carbons (Fsp3) is 0.667. The molecule has 0 heterocycles. The highest BCUT2D eigenvalue weighted by Crippen LogP contribution is 2.58. The van der Waals surface area contributed by atoms with Crippen molar-refractivity contribution in [2.75, 3.05) is 0 Å². The Labute approximate surface area is 128 Å². The summed E-state index contributed by atoms with van der Waals surface area (Å²) in [4.78, 5) is 33.3. The molecule has 0 unspecified atom stereocenters. The molecule has 0 spiro atoms. The number of carboxylic acid groups (broad SMARTS) is 3. The highest BCUT2D eigenvalue weighted by Gasteiger charge is 2.62. The van der Waals surface area contributed by atoms with Crippen molar-refractivity contribution in [2.24, 2.45) is 17.3 Å². The lowest BCUT2D eigenvalue weighted by Crippen LogP contribution is -2.61. The summed E-state index contributed by atoms with van der Waals surface area (Å²) in [5.74, 6) is -4.91. The van der Waals surface area contributed by atoms with Crippen LogP contribution in [0.25, 0.3) is 0 Å². The van der Waals surface area contributed by atoms with Gasteiger partial charge in [-0.05, 0) is 38.5 Å². The standard InChI is InChI=1S/C15H22O7/c1-8(11(16)17)5-4-6-14(2)9(12(18)19)7-10(14)15(3,22)13(20)21/h5,9-10,22H,4,6-7H2,1-3H3,(H,16,17)(H,18,19)(H,20,21)/t9-,10-,14-,15+/m1/s1. The molecule has 0 saturated heterocycles. The first-order valence-corrected chi connectivity index (χ1v) is 7.03. The molecule has 1 saturated carbocycles. The lowest BCUT2D eigenvalue weighted by atomic mass is 9.47. The predicted molar refractivity (Wildman–Crippen MR) is 76.2 cm³/mol. The summed E-state index contributed by atoms with van der Waals surface area (Å²) in [5.41, 5.74) is -2.76. The van der Waals surface area contributed by atoms with E-state index in [1.807, 2.05) is 0 Å². The van der Waals surface area contributed by atoms with Crippen molar-refractivity contribution in [3.63, 3.8) is 0 Å². The molecule has 124 valence electrons. The number of carboxylic acids is 3. The summed E-state index contributed by atoms with van der Waals surface area (Å²) in [7, 11) is 0. The topological polar surface area (TPSA) is 132 Å². The van der Waals surface area contributed by atoms with Crippen LogP contribution in [0.4, 0.5) is 0 Å². The molecule has 1 aliphatic carbocycles. The first-order valence-electron chi connectivity index (χ1n) is 7.03. The Kier molecular flexibility index (Phi) is 5.02. The van der Waals surface area contributed by atoms with Gasteiger partial charge in [0.2, 0.25) is 0 Å². The lowest BCUT2D eigenvalue weighted by Gasteiger charge is -2.56. The highest BCUT2D eigenvalue weighted by atomic mass is 16.4. The Morgan fingerprint density at radius 3 is 2.23 bits per heavy atom. The van der Waals surface area contributed by atoms with Crippen molar-refractivity contribution in [1.82, 2.24) is 0 Å². The van der Waals surface area contributed by atoms with Gasteiger partial charge in [0, 0.05) is 11.5 Å². The molecule has 1 fully saturated rings. The van der Waals surface area contributed by atoms with E-state index in [1.54, 1.807) is 6.92 Å². The molecule has 22 heavy (non-hydrogen) atoms. The third-order valence-electron chi connectivity index (χ3n) is 4.94. The van der Waals surface area contributed by atoms with Crippen LogP contribution >= 0.6 is 0 Å². The maximum Gasteiger partial charge on any atom is 0.335 e. The summed E-state index contributed by atoms with van der Waals surface area (Å²) in [5, 5.41) is 37.3. The van der Waals surface area contributed by atoms with Gasteiger partial charge in [0.05, 0.1) is 5.92 Å². The van der Waals surface area contributed by atoms with Crippen LogP contribution in [0.3, 0.4) is 0 Å². The lowest BCUT2D eigenvalue weighted by molar-refractivity contribution is -0.201. The molecular formula is C15H22O7. The average molecular weight is 314 g/mol. The molecule has 0 aliphatic heterocycles. The van der Waals surface area contributed by atoms with Gasteiger partial charge in [-0.15, -0.1) is 0 Å². The highest BCUT2D eigenvalue weighted by molar-refractivity contribution is 5.85. The van der Waals surface area contributed by atoms with Crippen LogP contribution in [0.2, 0.25) is 0 Å². The molecule has 1 rings (SSSR count). The maximum absolute atomic E-state index is 11.3. The number of carbonyl (C=O) groups is 3. The quantitative estimate of drug-likeness (QED) is 0.521. The van der Waals surface area contributed by atoms with Crippen molar-refractivity contribution in [3.8, 4) is 0 Å². The molecule has 0 aromatic heterocycles. The number of aliphatic hydroxyl groups is 1. The van der Waals surface area contributed by atoms with E-state index < -0.39 is 40.8 Å². The second kappa shape index (κ2) is 6.08. The summed E-state index contributed by atoms with van der Waals surface area (Å²) in [6, 6.07) is 0. The van der Waals surface area contributed by atoms with Crippen LogP contribution in [0.5, 0.6) is 0 Å². The molecule has 0 bridgehead atoms. The minimum atomic E-state index is -2.01. The van der Waals surface area contributed by atoms with Gasteiger partial charge in [-0.2, -0.15) is 0 Å². The fourth-order valence-corrected chi connectivity index (χ4v) is 3.30. The zero-order chi connectivity index (χ0) is 17.3. The summed E-state index contributed by atoms with van der Waals surface area (Å²) in [6.07, 6.45) is 2.18. The van der Waals surface area contributed by atoms with E-state index in [0.717, 1.165) is 0 Å². The molecule has 0 amide bonds. The maximum atomic E-state index is 11.3. The Hall–Kier alpha value is -1.89. The number of allylic oxidation sites excluding steroid dienone is 1. The predicted octanol–water partition coefficient (Wildman–Crippen LogP) is 1.36. The Balaban J connectivity index is 2.95. The number of hydrogen-bond acceptors (Lipinski definition) is 4. The zero-order valence-corrected chi connectivity index (χ0v) is 12.9. The van der Waals surface area contributed by atoms with Crippen LogP contribution in [-0.4, -0.2) is 43.9 Å². The van der Waals surface area contributed by atoms with Crippen molar-refractivity contribution < 1.29 is 34.8 Å². The van der Waals surface area contributed by atoms with E-state index >= 15 is 0 Å². The van der Waals surface area contributed by atoms with Gasteiger partial charge in [0.1, 0.15) is 0 Å². The van der Waals surface area contributed by atoms with Crippen LogP contribution in [0, 0.1) is 17.3 Å². The number of hydrogen-bond donors (Lipinski definition) is 4. The fourth-order valence-electron chi connectivity index (χ4n) is 3.30. The molecule has 1 aliphatic rings. The third-order valence-corrected chi connectivity index (χ3v) is 4.94. The van der Waals surface area contributed by atoms with Crippen molar-refractivity contribution in [1.29, 1.82) is 0 Å². The van der Waals surface area contributed by atoms with Crippen LogP contribution < -0.4 is 0 Å². The van der Waals surface area contributed by atoms with E-state index in [9.17, 15) is 24.6 Å². The van der Waals surface area contributed by atoms with Gasteiger partial charge in [-0.3, -0.25) is 4.79 Å². The number of aliphatic carboxylic acids is 3. The molecule has 0 aromatic carbocycles. The molecular weight excluding hydrogens is 292 g/mol. The minimum Gasteiger partial charge on any atom is -0.481 e. The number of rotatable bonds is 7. The van der Waals surface area contributed by atoms with Crippen LogP contribution in [-0.2, 0) is 14.4 Å². The van der Waals surface area contributed by atoms with Crippen molar-refractivity contribution in [2.45, 2.75) is 45.6 Å². The van der Waals surface area contributed by atoms with E-state index in [0.29, 0.717) is 12.8 Å². The summed E-state index contributed by atoms with van der Waals surface area (Å²) < 4.78 is 0. The third kappa shape index (κ3) is 3.14. The molecule has 4 atom stereocenters. The van der Waals surface area contributed by atoms with Crippen molar-refractivity contribution in [3.05, 3.63) is 11.6 Å². The second-order valence-corrected chi connectivity index (χ2v) is 6.37. The van der Waals surface area contributed by atoms with Gasteiger partial charge >= 0.3 is 17.9 Å². The van der Waals surface area contributed by atoms with E-state index in [2.05, 4.69) is 0 Å². The van der Waals surface area contributed by atoms with Gasteiger partial charge in [0.15, 0.2) is 5.60 Å². The van der Waals surface area contributed by atoms with Gasteiger partial charge in [-0.1, -0.05) is 13.0 Å². The van der Waals surface area contributed by atoms with E-state index in [-0.39, 0.29) is 12.0 Å². The van der Waals surface area contributed by atoms with E-state index in [1.165, 1.54) is 19.9 Å². The van der Waals surface area contributed by atoms with Gasteiger partial charge < -0.3 is 20.4 Å². The smallest absolute Gasteiger partial charge is 0.335 e. The Bertz CT molecular complexity index is 520. The van der Waals surface area contributed by atoms with Gasteiger partial charge in [-0.25, -0.2) is 9.59 Å². The van der Waals surface area contributed by atoms with E-state index in [4.69, 9.17) is 10.2 Å². The van der Waals surface area contributed by atoms with Crippen molar-refractivity contribution >= 4 is 17.9 Å². The SMILES string of the molecule is CC(=CCC[C@]1(C)[C@@H](C(=O)O)C[C@H]1[C@](C)(O)C(=O)O)C(=O)O. The van der Waals surface area contributed by atoms with Gasteiger partial charge in [0.25, 0.3) is 0 Å². The summed E-state index contributed by atoms with van der Waals surface area (Å²) in [6.45, 7) is 4.25. The first kappa shape index (κ1) is 18.2. The van der Waals surface area contributed by atoms with Crippen LogP contribution in [0.15, 0.2) is 11.6 Å². The largest absolute Gasteiger partial charge is 0.481 e. The van der Waals surface area contributed by atoms with Crippen LogP contribution in [0.1, 0.15) is 40.0 Å². The molecule has 4 N–H and O–H groups in total. The summed E-state index contributed by atoms with van der Waals surface area (Å²) >= 11 is 0. The Morgan fingerprint density at radius 1 is 1.27 bits per heavy atom. The Morgan fingerprint density at radius 2 is 1.82 bits per heavy atom. The molecule has 7 nitrogen and oxygen atoms in total. The second-order valence-electron chi connectivity index (χ2n) is 6.37. The molecule has 0 radical (unpaired) electrons. The zero-order valence-electron chi connectivity index (χ0n) is 12.9. The monoisotopic (exact) mass is 314 g/mol. The normalized spacial score (nSPS) is 31.0. The first-order chi connectivity index (χ1) is 9.94.